The Bertz CT molecular complexity index is 790. The third kappa shape index (κ3) is 2.42. The molecule has 0 aliphatic rings. The number of hydrogen-bond acceptors (Lipinski definition) is 2. The Labute approximate surface area is 119 Å². The summed E-state index contributed by atoms with van der Waals surface area (Å²) in [6.07, 6.45) is 1.47. The first-order valence-corrected chi connectivity index (χ1v) is 6.27. The van der Waals surface area contributed by atoms with E-state index in [1.807, 2.05) is 6.07 Å². The fourth-order valence-electron chi connectivity index (χ4n) is 2.01. The van der Waals surface area contributed by atoms with Crippen molar-refractivity contribution in [3.63, 3.8) is 0 Å². The summed E-state index contributed by atoms with van der Waals surface area (Å²) >= 11 is 5.91. The van der Waals surface area contributed by atoms with Gasteiger partial charge in [-0.15, -0.1) is 0 Å². The second kappa shape index (κ2) is 5.06. The second-order valence-corrected chi connectivity index (χ2v) is 4.71. The van der Waals surface area contributed by atoms with Crippen molar-refractivity contribution in [2.24, 2.45) is 0 Å². The molecule has 0 atom stereocenters. The van der Waals surface area contributed by atoms with Crippen molar-refractivity contribution >= 4 is 33.9 Å². The number of benzene rings is 2. The maximum absolute atomic E-state index is 13.7. The van der Waals surface area contributed by atoms with Crippen molar-refractivity contribution in [1.29, 1.82) is 0 Å². The molecule has 0 aliphatic heterocycles. The molecule has 0 saturated carbocycles. The summed E-state index contributed by atoms with van der Waals surface area (Å²) in [6.45, 7) is 0. The van der Waals surface area contributed by atoms with Crippen molar-refractivity contribution in [3.8, 4) is 0 Å². The molecule has 1 N–H and O–H groups in total. The lowest BCUT2D eigenvalue weighted by molar-refractivity contribution is 0.590. The summed E-state index contributed by atoms with van der Waals surface area (Å²) < 4.78 is 27.0. The maximum atomic E-state index is 13.7. The summed E-state index contributed by atoms with van der Waals surface area (Å²) in [5.74, 6) is -1.33. The molecule has 0 fully saturated rings. The molecule has 3 aromatic rings. The Morgan fingerprint density at radius 1 is 1.05 bits per heavy atom. The number of nitrogens with zero attached hydrogens (tertiary/aromatic N) is 1. The largest absolute Gasteiger partial charge is 0.355 e. The fourth-order valence-corrected chi connectivity index (χ4v) is 2.20. The lowest BCUT2D eigenvalue weighted by atomic mass is 10.1. The fraction of sp³-hybridized carbons (Fsp3) is 0. The molecule has 0 saturated heterocycles. The van der Waals surface area contributed by atoms with E-state index in [-0.39, 0.29) is 5.52 Å². The predicted octanol–water partition coefficient (Wildman–Crippen LogP) is 4.91. The van der Waals surface area contributed by atoms with Crippen LogP contribution in [0.4, 0.5) is 20.2 Å². The van der Waals surface area contributed by atoms with Gasteiger partial charge in [0.15, 0.2) is 5.82 Å². The van der Waals surface area contributed by atoms with Crippen LogP contribution < -0.4 is 5.32 Å². The van der Waals surface area contributed by atoms with Crippen molar-refractivity contribution in [2.75, 3.05) is 5.32 Å². The van der Waals surface area contributed by atoms with E-state index in [4.69, 9.17) is 11.6 Å². The van der Waals surface area contributed by atoms with Gasteiger partial charge in [-0.3, -0.25) is 4.98 Å². The Hall–Kier alpha value is -2.20. The highest BCUT2D eigenvalue weighted by Crippen LogP contribution is 2.28. The lowest BCUT2D eigenvalue weighted by Crippen LogP contribution is -1.95. The molecule has 2 nitrogen and oxygen atoms in total. The van der Waals surface area contributed by atoms with Gasteiger partial charge in [0.1, 0.15) is 11.3 Å². The molecule has 20 heavy (non-hydrogen) atoms. The van der Waals surface area contributed by atoms with E-state index in [1.165, 1.54) is 12.3 Å². The number of rotatable bonds is 2. The second-order valence-electron chi connectivity index (χ2n) is 4.28. The molecule has 0 unspecified atom stereocenters. The number of hydrogen-bond donors (Lipinski definition) is 1. The Kier molecular flexibility index (Phi) is 3.24. The first-order valence-electron chi connectivity index (χ1n) is 5.90. The van der Waals surface area contributed by atoms with Crippen molar-refractivity contribution in [2.45, 2.75) is 0 Å². The first-order chi connectivity index (χ1) is 9.63. The van der Waals surface area contributed by atoms with Crippen LogP contribution in [-0.4, -0.2) is 4.98 Å². The molecule has 2 aromatic carbocycles. The van der Waals surface area contributed by atoms with Crippen LogP contribution in [-0.2, 0) is 0 Å². The number of nitrogens with one attached hydrogen (secondary N) is 1. The first kappa shape index (κ1) is 12.8. The molecule has 3 rings (SSSR count). The highest BCUT2D eigenvalue weighted by molar-refractivity contribution is 6.30. The molecule has 5 heteroatoms. The van der Waals surface area contributed by atoms with Gasteiger partial charge < -0.3 is 5.32 Å². The van der Waals surface area contributed by atoms with Crippen LogP contribution in [0.2, 0.25) is 5.02 Å². The molecule has 0 aliphatic carbocycles. The van der Waals surface area contributed by atoms with Crippen molar-refractivity contribution < 1.29 is 8.78 Å². The molecule has 1 heterocycles. The summed E-state index contributed by atoms with van der Waals surface area (Å²) in [5, 5.41) is 4.04. The van der Waals surface area contributed by atoms with E-state index in [2.05, 4.69) is 10.3 Å². The Morgan fingerprint density at radius 3 is 2.70 bits per heavy atom. The molecule has 0 radical (unpaired) electrons. The topological polar surface area (TPSA) is 24.9 Å². The van der Waals surface area contributed by atoms with Crippen LogP contribution in [0.3, 0.4) is 0 Å². The number of aromatic nitrogens is 1. The van der Waals surface area contributed by atoms with Crippen molar-refractivity contribution in [1.82, 2.24) is 4.98 Å². The van der Waals surface area contributed by atoms with Crippen molar-refractivity contribution in [3.05, 3.63) is 65.3 Å². The zero-order valence-corrected chi connectivity index (χ0v) is 11.0. The lowest BCUT2D eigenvalue weighted by Gasteiger charge is -2.10. The van der Waals surface area contributed by atoms with E-state index < -0.39 is 11.6 Å². The van der Waals surface area contributed by atoms with Gasteiger partial charge in [0.2, 0.25) is 0 Å². The molecular formula is C15H9ClF2N2. The van der Waals surface area contributed by atoms with Gasteiger partial charge in [-0.2, -0.15) is 0 Å². The third-order valence-corrected chi connectivity index (χ3v) is 3.10. The smallest absolute Gasteiger partial charge is 0.152 e. The van der Waals surface area contributed by atoms with Crippen LogP contribution in [0.5, 0.6) is 0 Å². The average molecular weight is 291 g/mol. The molecule has 0 bridgehead atoms. The summed E-state index contributed by atoms with van der Waals surface area (Å²) in [4.78, 5) is 3.93. The summed E-state index contributed by atoms with van der Waals surface area (Å²) in [5.41, 5.74) is 1.42. The summed E-state index contributed by atoms with van der Waals surface area (Å²) in [7, 11) is 0. The van der Waals surface area contributed by atoms with Crippen LogP contribution in [0, 0.1) is 11.6 Å². The molecule has 1 aromatic heterocycles. The zero-order chi connectivity index (χ0) is 14.1. The number of pyridine rings is 1. The van der Waals surface area contributed by atoms with Gasteiger partial charge in [0, 0.05) is 34.0 Å². The van der Waals surface area contributed by atoms with E-state index in [0.717, 1.165) is 11.8 Å². The quantitative estimate of drug-likeness (QED) is 0.725. The van der Waals surface area contributed by atoms with Gasteiger partial charge in [-0.1, -0.05) is 17.7 Å². The highest BCUT2D eigenvalue weighted by atomic mass is 35.5. The number of anilines is 2. The summed E-state index contributed by atoms with van der Waals surface area (Å²) in [6, 6.07) is 10.8. The van der Waals surface area contributed by atoms with E-state index in [1.54, 1.807) is 24.3 Å². The van der Waals surface area contributed by atoms with Gasteiger partial charge >= 0.3 is 0 Å². The van der Waals surface area contributed by atoms with E-state index in [9.17, 15) is 8.78 Å². The number of fused-ring (bicyclic) bond motifs is 1. The predicted molar refractivity (Wildman–Crippen MR) is 76.4 cm³/mol. The minimum Gasteiger partial charge on any atom is -0.355 e. The molecular weight excluding hydrogens is 282 g/mol. The normalized spacial score (nSPS) is 10.8. The van der Waals surface area contributed by atoms with Gasteiger partial charge in [-0.05, 0) is 30.3 Å². The molecule has 0 amide bonds. The Balaban J connectivity index is 2.12. The van der Waals surface area contributed by atoms with Crippen LogP contribution >= 0.6 is 11.6 Å². The van der Waals surface area contributed by atoms with Crippen LogP contribution in [0.15, 0.2) is 48.7 Å². The zero-order valence-electron chi connectivity index (χ0n) is 10.2. The standard InChI is InChI=1S/C15H9ClF2N2/c16-9-2-1-3-11(6-9)20-14-4-5-19-15-12(14)7-10(17)8-13(15)18/h1-8H,(H,19,20). The van der Waals surface area contributed by atoms with E-state index >= 15 is 0 Å². The van der Waals surface area contributed by atoms with Gasteiger partial charge in [0.25, 0.3) is 0 Å². The van der Waals surface area contributed by atoms with E-state index in [0.29, 0.717) is 16.1 Å². The SMILES string of the molecule is Fc1cc(F)c2nccc(Nc3cccc(Cl)c3)c2c1. The van der Waals surface area contributed by atoms with Gasteiger partial charge in [0.05, 0.1) is 0 Å². The third-order valence-electron chi connectivity index (χ3n) is 2.87. The van der Waals surface area contributed by atoms with Gasteiger partial charge in [-0.25, -0.2) is 8.78 Å². The number of halogens is 3. The monoisotopic (exact) mass is 290 g/mol. The van der Waals surface area contributed by atoms with Crippen LogP contribution in [0.1, 0.15) is 0 Å². The highest BCUT2D eigenvalue weighted by Gasteiger charge is 2.09. The minimum atomic E-state index is -0.685. The maximum Gasteiger partial charge on any atom is 0.152 e. The molecule has 100 valence electrons. The van der Waals surface area contributed by atoms with Crippen LogP contribution in [0.25, 0.3) is 10.9 Å². The Morgan fingerprint density at radius 2 is 1.90 bits per heavy atom. The average Bonchev–Trinajstić information content (AvgIpc) is 2.40. The minimum absolute atomic E-state index is 0.124. The molecule has 0 spiro atoms.